The van der Waals surface area contributed by atoms with Crippen LogP contribution in [0, 0.1) is 5.41 Å². The number of carbonyl (C=O) groups excluding carboxylic acids is 2. The van der Waals surface area contributed by atoms with Gasteiger partial charge in [-0.25, -0.2) is 4.79 Å². The number of ketones is 1. The number of hydrogen-bond acceptors (Lipinski definition) is 3. The van der Waals surface area contributed by atoms with Crippen LogP contribution >= 0.6 is 0 Å². The lowest BCUT2D eigenvalue weighted by atomic mass is 9.86. The van der Waals surface area contributed by atoms with Gasteiger partial charge in [0.25, 0.3) is 0 Å². The fourth-order valence-electron chi connectivity index (χ4n) is 1.29. The van der Waals surface area contributed by atoms with Gasteiger partial charge >= 0.3 is 6.09 Å². The molecule has 0 aliphatic carbocycles. The van der Waals surface area contributed by atoms with Crippen LogP contribution in [0.3, 0.4) is 0 Å². The minimum absolute atomic E-state index is 0.0594. The van der Waals surface area contributed by atoms with Crippen molar-refractivity contribution in [1.82, 2.24) is 4.90 Å². The Hall–Kier alpha value is -1.32. The average Bonchev–Trinajstić information content (AvgIpc) is 2.24. The topological polar surface area (TPSA) is 46.6 Å². The van der Waals surface area contributed by atoms with Crippen LogP contribution in [0.15, 0.2) is 12.3 Å². The van der Waals surface area contributed by atoms with Crippen LogP contribution in [0.5, 0.6) is 0 Å². The van der Waals surface area contributed by atoms with Gasteiger partial charge in [-0.3, -0.25) is 9.69 Å². The normalized spacial score (nSPS) is 22.6. The molecular formula is C10H15NO3. The molecule has 1 amide bonds. The van der Waals surface area contributed by atoms with E-state index < -0.39 is 17.6 Å². The molecule has 1 fully saturated rings. The summed E-state index contributed by atoms with van der Waals surface area (Å²) in [4.78, 5) is 24.3. The number of rotatable bonds is 1. The predicted octanol–water partition coefficient (Wildman–Crippen LogP) is 1.57. The molecule has 0 aromatic heterocycles. The monoisotopic (exact) mass is 197 g/mol. The van der Waals surface area contributed by atoms with Gasteiger partial charge in [-0.15, -0.1) is 0 Å². The molecule has 0 aromatic rings. The van der Waals surface area contributed by atoms with Gasteiger partial charge in [0.05, 0.1) is 0 Å². The van der Waals surface area contributed by atoms with E-state index in [-0.39, 0.29) is 11.5 Å². The number of amides is 1. The number of hydrogen-bond donors (Lipinski definition) is 0. The summed E-state index contributed by atoms with van der Waals surface area (Å²) in [5, 5.41) is 0. The smallest absolute Gasteiger partial charge is 0.413 e. The summed E-state index contributed by atoms with van der Waals surface area (Å²) >= 11 is 0. The number of likely N-dealkylation sites (N-methyl/N-ethyl adjacent to an activating group) is 1. The predicted molar refractivity (Wildman–Crippen MR) is 51.6 cm³/mol. The zero-order valence-electron chi connectivity index (χ0n) is 8.96. The largest absolute Gasteiger partial charge is 0.415 e. The summed E-state index contributed by atoms with van der Waals surface area (Å²) < 4.78 is 4.77. The molecule has 4 heteroatoms. The van der Waals surface area contributed by atoms with Crippen LogP contribution in [-0.2, 0) is 9.53 Å². The Morgan fingerprint density at radius 2 is 2.00 bits per heavy atom. The van der Waals surface area contributed by atoms with Crippen molar-refractivity contribution in [2.24, 2.45) is 5.41 Å². The first kappa shape index (κ1) is 10.8. The maximum atomic E-state index is 11.9. The lowest BCUT2D eigenvalue weighted by molar-refractivity contribution is -0.129. The van der Waals surface area contributed by atoms with E-state index in [9.17, 15) is 9.59 Å². The first-order chi connectivity index (χ1) is 6.25. The van der Waals surface area contributed by atoms with E-state index in [0.717, 1.165) is 0 Å². The molecule has 1 aliphatic heterocycles. The molecule has 0 N–H and O–H groups in total. The summed E-state index contributed by atoms with van der Waals surface area (Å²) in [6, 6.07) is -0.637. The number of Topliss-reactive ketones (excluding diaryl/α,β-unsaturated/α-hetero) is 1. The van der Waals surface area contributed by atoms with Crippen LogP contribution in [0.4, 0.5) is 4.79 Å². The van der Waals surface area contributed by atoms with Gasteiger partial charge in [0.1, 0.15) is 5.76 Å². The van der Waals surface area contributed by atoms with E-state index in [1.165, 1.54) is 11.9 Å². The highest BCUT2D eigenvalue weighted by Gasteiger charge is 2.42. The highest BCUT2D eigenvalue weighted by Crippen LogP contribution is 2.27. The van der Waals surface area contributed by atoms with Gasteiger partial charge in [-0.2, -0.15) is 0 Å². The van der Waals surface area contributed by atoms with Crippen LogP contribution in [-0.4, -0.2) is 29.9 Å². The lowest BCUT2D eigenvalue weighted by Gasteiger charge is -2.23. The molecule has 0 unspecified atom stereocenters. The minimum atomic E-state index is -0.637. The number of ether oxygens (including phenoxy) is 1. The molecule has 0 aromatic carbocycles. The number of cyclic esters (lactones) is 1. The van der Waals surface area contributed by atoms with Crippen LogP contribution < -0.4 is 0 Å². The maximum Gasteiger partial charge on any atom is 0.415 e. The van der Waals surface area contributed by atoms with Crippen LogP contribution in [0.2, 0.25) is 0 Å². The Balaban J connectivity index is 2.94. The lowest BCUT2D eigenvalue weighted by Crippen LogP contribution is -2.41. The standard InChI is InChI=1S/C10H15NO3/c1-6-7(8(12)10(2,3)4)11(5)9(13)14-6/h7H,1H2,2-5H3/t7-/m0/s1. The Morgan fingerprint density at radius 1 is 1.50 bits per heavy atom. The van der Waals surface area contributed by atoms with Crippen molar-refractivity contribution in [3.63, 3.8) is 0 Å². The fourth-order valence-corrected chi connectivity index (χ4v) is 1.29. The molecule has 1 saturated heterocycles. The van der Waals surface area contributed by atoms with Gasteiger partial charge < -0.3 is 4.74 Å². The highest BCUT2D eigenvalue weighted by molar-refractivity contribution is 5.95. The van der Waals surface area contributed by atoms with Crippen molar-refractivity contribution in [1.29, 1.82) is 0 Å². The Bertz CT molecular complexity index is 301. The van der Waals surface area contributed by atoms with E-state index in [4.69, 9.17) is 4.74 Å². The fraction of sp³-hybridized carbons (Fsp3) is 0.600. The zero-order valence-corrected chi connectivity index (χ0v) is 8.96. The van der Waals surface area contributed by atoms with Gasteiger partial charge in [-0.1, -0.05) is 27.4 Å². The molecule has 0 bridgehead atoms. The number of nitrogens with zero attached hydrogens (tertiary/aromatic N) is 1. The summed E-state index contributed by atoms with van der Waals surface area (Å²) in [6.45, 7) is 8.98. The second kappa shape index (κ2) is 3.12. The molecule has 1 atom stereocenters. The summed E-state index contributed by atoms with van der Waals surface area (Å²) in [6.07, 6.45) is -0.516. The van der Waals surface area contributed by atoms with Crippen molar-refractivity contribution >= 4 is 11.9 Å². The van der Waals surface area contributed by atoms with Crippen LogP contribution in [0.1, 0.15) is 20.8 Å². The highest BCUT2D eigenvalue weighted by atomic mass is 16.6. The Kier molecular flexibility index (Phi) is 2.39. The molecule has 0 saturated carbocycles. The van der Waals surface area contributed by atoms with Gasteiger partial charge in [0, 0.05) is 12.5 Å². The molecule has 1 aliphatic rings. The van der Waals surface area contributed by atoms with E-state index >= 15 is 0 Å². The van der Waals surface area contributed by atoms with Crippen molar-refractivity contribution in [3.05, 3.63) is 12.3 Å². The first-order valence-electron chi connectivity index (χ1n) is 4.43. The van der Waals surface area contributed by atoms with Crippen molar-refractivity contribution in [3.8, 4) is 0 Å². The second-order valence-electron chi connectivity index (χ2n) is 4.46. The van der Waals surface area contributed by atoms with Gasteiger partial charge in [-0.05, 0) is 0 Å². The van der Waals surface area contributed by atoms with E-state index in [0.29, 0.717) is 0 Å². The van der Waals surface area contributed by atoms with E-state index in [2.05, 4.69) is 6.58 Å². The quantitative estimate of drug-likeness (QED) is 0.641. The SMILES string of the molecule is C=C1OC(=O)N(C)[C@@H]1C(=O)C(C)(C)C. The van der Waals surface area contributed by atoms with Crippen molar-refractivity contribution < 1.29 is 14.3 Å². The Labute approximate surface area is 83.5 Å². The van der Waals surface area contributed by atoms with Gasteiger partial charge in [0.2, 0.25) is 0 Å². The van der Waals surface area contributed by atoms with Crippen molar-refractivity contribution in [2.45, 2.75) is 26.8 Å². The molecule has 4 nitrogen and oxygen atoms in total. The Morgan fingerprint density at radius 3 is 2.29 bits per heavy atom. The maximum absolute atomic E-state index is 11.9. The van der Waals surface area contributed by atoms with Gasteiger partial charge in [0.15, 0.2) is 11.8 Å². The molecule has 0 radical (unpaired) electrons. The summed E-state index contributed by atoms with van der Waals surface area (Å²) in [7, 11) is 1.54. The second-order valence-corrected chi connectivity index (χ2v) is 4.46. The van der Waals surface area contributed by atoms with E-state index in [1.807, 2.05) is 0 Å². The molecule has 0 spiro atoms. The third-order valence-electron chi connectivity index (χ3n) is 2.19. The molecular weight excluding hydrogens is 182 g/mol. The third kappa shape index (κ3) is 1.64. The first-order valence-corrected chi connectivity index (χ1v) is 4.43. The summed E-state index contributed by atoms with van der Waals surface area (Å²) in [5.41, 5.74) is -0.504. The minimum Gasteiger partial charge on any atom is -0.413 e. The third-order valence-corrected chi connectivity index (χ3v) is 2.19. The molecule has 1 heterocycles. The molecule has 1 rings (SSSR count). The van der Waals surface area contributed by atoms with E-state index in [1.54, 1.807) is 20.8 Å². The average molecular weight is 197 g/mol. The van der Waals surface area contributed by atoms with Crippen LogP contribution in [0.25, 0.3) is 0 Å². The zero-order chi connectivity index (χ0) is 11.1. The summed E-state index contributed by atoms with van der Waals surface area (Å²) in [5.74, 6) is 0.160. The number of carbonyl (C=O) groups is 2. The molecule has 78 valence electrons. The molecule has 14 heavy (non-hydrogen) atoms. The van der Waals surface area contributed by atoms with Crippen molar-refractivity contribution in [2.75, 3.05) is 7.05 Å².